The van der Waals surface area contributed by atoms with E-state index in [1.807, 2.05) is 0 Å². The molecule has 6 heavy (non-hydrogen) atoms. The number of hydrogen-bond acceptors (Lipinski definition) is 0. The van der Waals surface area contributed by atoms with Crippen LogP contribution in [0.15, 0.2) is 0 Å². The van der Waals surface area contributed by atoms with Crippen LogP contribution in [0.1, 0.15) is 0 Å². The van der Waals surface area contributed by atoms with E-state index in [4.69, 9.17) is 0 Å². The van der Waals surface area contributed by atoms with Crippen molar-refractivity contribution >= 4 is 29.6 Å². The first-order chi connectivity index (χ1) is 0. The van der Waals surface area contributed by atoms with Gasteiger partial charge in [-0.15, -0.1) is 0 Å². The molecule has 0 heterocycles. The van der Waals surface area contributed by atoms with Gasteiger partial charge in [0, 0.05) is 19.5 Å². The summed E-state index contributed by atoms with van der Waals surface area (Å²) in [4.78, 5) is 0. The van der Waals surface area contributed by atoms with Crippen LogP contribution < -0.4 is 0 Å². The molecule has 4 nitrogen and oxygen atoms in total. The Morgan fingerprint density at radius 2 is 0.500 bits per heavy atom. The van der Waals surface area contributed by atoms with E-state index < -0.39 is 0 Å². The minimum Gasteiger partial charge on any atom is 0 e. The maximum atomic E-state index is 0. The average Bonchev–Trinajstić information content (AvgIpc) is 0. The predicted molar refractivity (Wildman–Crippen MR) is 21.6 cm³/mol. The number of hydrogen-bond donors (Lipinski definition) is 0. The summed E-state index contributed by atoms with van der Waals surface area (Å²) in [5, 5.41) is 0. The molecular weight excluding hydrogens is 190 g/mol. The predicted octanol–water partition coefficient (Wildman–Crippen LogP) is -3.95. The van der Waals surface area contributed by atoms with Crippen molar-refractivity contribution in [2.45, 2.75) is 0 Å². The SMILES string of the molecule is O.O.O.O.[NaH].[Rh]. The van der Waals surface area contributed by atoms with E-state index in [1.54, 1.807) is 0 Å². The molecule has 0 aromatic heterocycles. The Bertz CT molecular complexity index is 7.51. The van der Waals surface area contributed by atoms with Crippen LogP contribution in [0.4, 0.5) is 0 Å². The second kappa shape index (κ2) is 90.1. The van der Waals surface area contributed by atoms with E-state index >= 15 is 0 Å². The molecule has 0 rings (SSSR count). The van der Waals surface area contributed by atoms with Gasteiger partial charge in [0.05, 0.1) is 0 Å². The molecule has 0 aromatic carbocycles. The normalized spacial score (nSPS) is 0. The molecule has 43 valence electrons. The first kappa shape index (κ1) is 146. The standard InChI is InChI=1S/Na.4H2O.Rh.H/h;4*1H2;;. The Kier molecular flexibility index (Phi) is 2190. The van der Waals surface area contributed by atoms with Gasteiger partial charge in [-0.05, 0) is 0 Å². The zero-order chi connectivity index (χ0) is 0. The third kappa shape index (κ3) is 50.8. The molecule has 6 heteroatoms. The summed E-state index contributed by atoms with van der Waals surface area (Å²) < 4.78 is 0. The molecule has 0 atom stereocenters. The summed E-state index contributed by atoms with van der Waals surface area (Å²) in [5.74, 6) is 0. The van der Waals surface area contributed by atoms with Crippen LogP contribution in [0.25, 0.3) is 0 Å². The van der Waals surface area contributed by atoms with Gasteiger partial charge in [0.2, 0.25) is 0 Å². The molecule has 1 radical (unpaired) electrons. The molecule has 8 N–H and O–H groups in total. The van der Waals surface area contributed by atoms with Gasteiger partial charge in [0.1, 0.15) is 0 Å². The van der Waals surface area contributed by atoms with Gasteiger partial charge in [0.25, 0.3) is 0 Å². The summed E-state index contributed by atoms with van der Waals surface area (Å²) >= 11 is 0. The van der Waals surface area contributed by atoms with Gasteiger partial charge >= 0.3 is 29.6 Å². The van der Waals surface area contributed by atoms with Crippen molar-refractivity contribution < 1.29 is 41.4 Å². The maximum Gasteiger partial charge on any atom is 0 e. The van der Waals surface area contributed by atoms with Crippen LogP contribution in [0.3, 0.4) is 0 Å². The Labute approximate surface area is 70.6 Å². The monoisotopic (exact) mass is 199 g/mol. The van der Waals surface area contributed by atoms with E-state index in [0.29, 0.717) is 0 Å². The van der Waals surface area contributed by atoms with Crippen molar-refractivity contribution in [2.24, 2.45) is 0 Å². The van der Waals surface area contributed by atoms with Crippen molar-refractivity contribution in [1.82, 2.24) is 0 Å². The molecule has 0 saturated heterocycles. The molecule has 0 unspecified atom stereocenters. The van der Waals surface area contributed by atoms with Gasteiger partial charge in [0.15, 0.2) is 0 Å². The van der Waals surface area contributed by atoms with Gasteiger partial charge in [-0.2, -0.15) is 0 Å². The molecule has 0 fully saturated rings. The van der Waals surface area contributed by atoms with Crippen molar-refractivity contribution in [3.8, 4) is 0 Å². The minimum atomic E-state index is 0. The topological polar surface area (TPSA) is 126 Å². The second-order valence-corrected chi connectivity index (χ2v) is 0. The summed E-state index contributed by atoms with van der Waals surface area (Å²) in [6.45, 7) is 0. The van der Waals surface area contributed by atoms with Crippen LogP contribution in [-0.4, -0.2) is 51.5 Å². The summed E-state index contributed by atoms with van der Waals surface area (Å²) in [7, 11) is 0. The minimum absolute atomic E-state index is 0. The molecule has 0 aromatic rings. The van der Waals surface area contributed by atoms with Crippen LogP contribution in [0, 0.1) is 0 Å². The molecule has 0 saturated carbocycles. The van der Waals surface area contributed by atoms with Crippen molar-refractivity contribution in [3.05, 3.63) is 0 Å². The van der Waals surface area contributed by atoms with Crippen molar-refractivity contribution in [1.29, 1.82) is 0 Å². The fourth-order valence-corrected chi connectivity index (χ4v) is 0. The molecule has 0 aliphatic heterocycles. The Morgan fingerprint density at radius 3 is 0.500 bits per heavy atom. The van der Waals surface area contributed by atoms with Crippen molar-refractivity contribution in [3.63, 3.8) is 0 Å². The van der Waals surface area contributed by atoms with Gasteiger partial charge < -0.3 is 21.9 Å². The van der Waals surface area contributed by atoms with Gasteiger partial charge in [-0.25, -0.2) is 0 Å². The Morgan fingerprint density at radius 1 is 0.500 bits per heavy atom. The van der Waals surface area contributed by atoms with Gasteiger partial charge in [-0.1, -0.05) is 0 Å². The summed E-state index contributed by atoms with van der Waals surface area (Å²) in [6, 6.07) is 0. The quantitative estimate of drug-likeness (QED) is 0.353. The van der Waals surface area contributed by atoms with E-state index in [1.165, 1.54) is 0 Å². The fraction of sp³-hybridized carbons (Fsp3) is 0. The van der Waals surface area contributed by atoms with E-state index in [0.717, 1.165) is 0 Å². The van der Waals surface area contributed by atoms with E-state index in [9.17, 15) is 0 Å². The van der Waals surface area contributed by atoms with E-state index in [2.05, 4.69) is 0 Å². The summed E-state index contributed by atoms with van der Waals surface area (Å²) in [6.07, 6.45) is 0. The van der Waals surface area contributed by atoms with Crippen LogP contribution in [0.5, 0.6) is 0 Å². The third-order valence-electron chi connectivity index (χ3n) is 0. The second-order valence-electron chi connectivity index (χ2n) is 0. The summed E-state index contributed by atoms with van der Waals surface area (Å²) in [5.41, 5.74) is 0. The molecule has 0 aliphatic carbocycles. The van der Waals surface area contributed by atoms with E-state index in [-0.39, 0.29) is 70.9 Å². The van der Waals surface area contributed by atoms with Crippen molar-refractivity contribution in [2.75, 3.05) is 0 Å². The fourth-order valence-electron chi connectivity index (χ4n) is 0. The van der Waals surface area contributed by atoms with Crippen LogP contribution >= 0.6 is 0 Å². The number of rotatable bonds is 0. The zero-order valence-corrected chi connectivity index (χ0v) is 3.97. The first-order valence-electron chi connectivity index (χ1n) is 0. The van der Waals surface area contributed by atoms with Crippen LogP contribution in [-0.2, 0) is 19.5 Å². The first-order valence-corrected chi connectivity index (χ1v) is 0. The molecule has 0 spiro atoms. The maximum absolute atomic E-state index is 0. The van der Waals surface area contributed by atoms with Gasteiger partial charge in [-0.3, -0.25) is 0 Å². The zero-order valence-electron chi connectivity index (χ0n) is 2.33. The third-order valence-corrected chi connectivity index (χ3v) is 0. The largest absolute Gasteiger partial charge is 0 e. The molecular formula is H9NaO4Rh. The van der Waals surface area contributed by atoms with Crippen LogP contribution in [0.2, 0.25) is 0 Å². The smallest absolute Gasteiger partial charge is 0 e. The Balaban J connectivity index is 0. The molecule has 0 amide bonds. The molecule has 0 aliphatic rings. The molecule has 0 bridgehead atoms. The average molecular weight is 199 g/mol. The Hall–Kier alpha value is 1.46.